The van der Waals surface area contributed by atoms with Crippen LogP contribution in [0.15, 0.2) is 29.1 Å². The van der Waals surface area contributed by atoms with Crippen LogP contribution in [-0.4, -0.2) is 41.1 Å². The summed E-state index contributed by atoms with van der Waals surface area (Å²) in [6, 6.07) is 6.50. The number of fused-ring (bicyclic) bond motifs is 1. The van der Waals surface area contributed by atoms with Crippen LogP contribution in [0.1, 0.15) is 29.7 Å². The van der Waals surface area contributed by atoms with Crippen LogP contribution in [0.2, 0.25) is 0 Å². The molecule has 0 aliphatic rings. The highest BCUT2D eigenvalue weighted by molar-refractivity contribution is 6.01. The van der Waals surface area contributed by atoms with Gasteiger partial charge < -0.3 is 5.11 Å². The molecule has 1 aromatic carbocycles. The monoisotopic (exact) mass is 314 g/mol. The quantitative estimate of drug-likeness (QED) is 0.730. The van der Waals surface area contributed by atoms with Gasteiger partial charge in [-0.3, -0.25) is 4.79 Å². The Labute approximate surface area is 130 Å². The molecule has 0 amide bonds. The lowest BCUT2D eigenvalue weighted by atomic mass is 10.1. The van der Waals surface area contributed by atoms with E-state index in [1.165, 1.54) is 0 Å². The Bertz CT molecular complexity index is 930. The lowest BCUT2D eigenvalue weighted by Gasteiger charge is -2.08. The van der Waals surface area contributed by atoms with E-state index in [1.807, 2.05) is 6.92 Å². The molecule has 23 heavy (non-hydrogen) atoms. The van der Waals surface area contributed by atoms with Crippen molar-refractivity contribution in [3.63, 3.8) is 0 Å². The Morgan fingerprint density at radius 2 is 1.96 bits per heavy atom. The van der Waals surface area contributed by atoms with Crippen molar-refractivity contribution in [2.45, 2.75) is 26.4 Å². The molecule has 118 valence electrons. The van der Waals surface area contributed by atoms with Gasteiger partial charge in [0.1, 0.15) is 6.54 Å². The third-order valence-corrected chi connectivity index (χ3v) is 3.40. The van der Waals surface area contributed by atoms with Crippen molar-refractivity contribution in [2.24, 2.45) is 0 Å². The van der Waals surface area contributed by atoms with E-state index in [0.717, 1.165) is 11.1 Å². The summed E-state index contributed by atoms with van der Waals surface area (Å²) in [5.74, 6) is -0.740. The van der Waals surface area contributed by atoms with E-state index in [2.05, 4.69) is 20.6 Å². The van der Waals surface area contributed by atoms with E-state index in [4.69, 9.17) is 0 Å². The normalized spacial score (nSPS) is 11.0. The highest BCUT2D eigenvalue weighted by Crippen LogP contribution is 2.13. The maximum absolute atomic E-state index is 12.5. The van der Waals surface area contributed by atoms with Gasteiger partial charge in [0.2, 0.25) is 0 Å². The van der Waals surface area contributed by atoms with Gasteiger partial charge in [-0.15, -0.1) is 5.10 Å². The van der Waals surface area contributed by atoms with Gasteiger partial charge in [0.05, 0.1) is 5.39 Å². The molecule has 3 aromatic rings. The number of nitrogens with zero attached hydrogens (tertiary/aromatic N) is 6. The number of rotatable bonds is 5. The maximum atomic E-state index is 12.5. The standard InChI is InChI=1S/C14H14N6O3/c1-2-7-19-11(15-17-18-19)8-20-13(21)10-6-4-3-5-9(10)12(16-20)14(22)23/h3-6H,2,7-8H2,1H3,(H,22,23). The zero-order valence-corrected chi connectivity index (χ0v) is 12.4. The molecule has 9 nitrogen and oxygen atoms in total. The Balaban J connectivity index is 2.14. The topological polar surface area (TPSA) is 116 Å². The summed E-state index contributed by atoms with van der Waals surface area (Å²) in [5, 5.41) is 25.2. The van der Waals surface area contributed by atoms with E-state index in [0.29, 0.717) is 23.1 Å². The first kappa shape index (κ1) is 14.8. The number of carboxylic acids is 1. The first-order chi connectivity index (χ1) is 11.1. The second-order valence-corrected chi connectivity index (χ2v) is 4.98. The molecule has 2 aromatic heterocycles. The molecule has 0 unspecified atom stereocenters. The highest BCUT2D eigenvalue weighted by Gasteiger charge is 2.17. The van der Waals surface area contributed by atoms with Gasteiger partial charge in [0.25, 0.3) is 5.56 Å². The fourth-order valence-corrected chi connectivity index (χ4v) is 2.36. The number of tetrazole rings is 1. The molecule has 0 radical (unpaired) electrons. The number of aryl methyl sites for hydroxylation is 1. The van der Waals surface area contributed by atoms with E-state index in [1.54, 1.807) is 28.9 Å². The van der Waals surface area contributed by atoms with Crippen LogP contribution in [0.5, 0.6) is 0 Å². The molecular formula is C14H14N6O3. The van der Waals surface area contributed by atoms with Crippen LogP contribution in [0.4, 0.5) is 0 Å². The number of hydrogen-bond acceptors (Lipinski definition) is 6. The molecule has 9 heteroatoms. The van der Waals surface area contributed by atoms with Crippen LogP contribution in [0.25, 0.3) is 10.8 Å². The van der Waals surface area contributed by atoms with Gasteiger partial charge in [-0.25, -0.2) is 14.2 Å². The van der Waals surface area contributed by atoms with Gasteiger partial charge in [0.15, 0.2) is 11.5 Å². The number of benzene rings is 1. The summed E-state index contributed by atoms with van der Waals surface area (Å²) in [4.78, 5) is 24.0. The van der Waals surface area contributed by atoms with E-state index in [-0.39, 0.29) is 17.8 Å². The molecule has 0 fully saturated rings. The highest BCUT2D eigenvalue weighted by atomic mass is 16.4. The zero-order chi connectivity index (χ0) is 16.4. The van der Waals surface area contributed by atoms with Gasteiger partial charge in [0, 0.05) is 11.9 Å². The van der Waals surface area contributed by atoms with Gasteiger partial charge >= 0.3 is 5.97 Å². The SMILES string of the molecule is CCCn1nnnc1Cn1nc(C(=O)O)c2ccccc2c1=O. The largest absolute Gasteiger partial charge is 0.476 e. The van der Waals surface area contributed by atoms with Gasteiger partial charge in [-0.2, -0.15) is 5.10 Å². The molecule has 0 aliphatic heterocycles. The third kappa shape index (κ3) is 2.68. The molecule has 0 spiro atoms. The second kappa shape index (κ2) is 5.95. The smallest absolute Gasteiger partial charge is 0.357 e. The molecule has 0 bridgehead atoms. The van der Waals surface area contributed by atoms with E-state index < -0.39 is 5.97 Å². The molecular weight excluding hydrogens is 300 g/mol. The van der Waals surface area contributed by atoms with Crippen molar-refractivity contribution >= 4 is 16.7 Å². The minimum absolute atomic E-state index is 0.0109. The number of hydrogen-bond donors (Lipinski definition) is 1. The predicted molar refractivity (Wildman–Crippen MR) is 80.2 cm³/mol. The molecule has 3 rings (SSSR count). The molecule has 0 saturated heterocycles. The van der Waals surface area contributed by atoms with E-state index in [9.17, 15) is 14.7 Å². The molecule has 0 saturated carbocycles. The molecule has 1 N–H and O–H groups in total. The summed E-state index contributed by atoms with van der Waals surface area (Å²) in [7, 11) is 0. The second-order valence-electron chi connectivity index (χ2n) is 4.98. The van der Waals surface area contributed by atoms with Crippen LogP contribution < -0.4 is 5.56 Å². The number of carbonyl (C=O) groups is 1. The minimum Gasteiger partial charge on any atom is -0.476 e. The summed E-state index contributed by atoms with van der Waals surface area (Å²) in [6.45, 7) is 2.60. The number of aromatic carboxylic acids is 1. The van der Waals surface area contributed by atoms with Gasteiger partial charge in [-0.05, 0) is 22.9 Å². The zero-order valence-electron chi connectivity index (χ0n) is 12.4. The first-order valence-electron chi connectivity index (χ1n) is 7.10. The minimum atomic E-state index is -1.19. The molecule has 0 aliphatic carbocycles. The van der Waals surface area contributed by atoms with Crippen LogP contribution >= 0.6 is 0 Å². The van der Waals surface area contributed by atoms with Gasteiger partial charge in [-0.1, -0.05) is 25.1 Å². The van der Waals surface area contributed by atoms with Crippen molar-refractivity contribution in [3.05, 3.63) is 46.1 Å². The van der Waals surface area contributed by atoms with Crippen molar-refractivity contribution < 1.29 is 9.90 Å². The Kier molecular flexibility index (Phi) is 3.83. The Morgan fingerprint density at radius 1 is 1.22 bits per heavy atom. The molecule has 2 heterocycles. The number of carboxylic acid groups (broad SMARTS) is 1. The molecule has 0 atom stereocenters. The first-order valence-corrected chi connectivity index (χ1v) is 7.10. The van der Waals surface area contributed by atoms with Crippen LogP contribution in [0.3, 0.4) is 0 Å². The summed E-state index contributed by atoms with van der Waals surface area (Å²) >= 11 is 0. The van der Waals surface area contributed by atoms with Crippen molar-refractivity contribution in [2.75, 3.05) is 0 Å². The average molecular weight is 314 g/mol. The van der Waals surface area contributed by atoms with Crippen molar-refractivity contribution in [1.29, 1.82) is 0 Å². The van der Waals surface area contributed by atoms with Crippen LogP contribution in [0, 0.1) is 0 Å². The summed E-state index contributed by atoms with van der Waals surface area (Å²) in [6.07, 6.45) is 0.832. The number of aromatic nitrogens is 6. The maximum Gasteiger partial charge on any atom is 0.357 e. The Hall–Kier alpha value is -3.10. The third-order valence-electron chi connectivity index (χ3n) is 3.40. The summed E-state index contributed by atoms with van der Waals surface area (Å²) < 4.78 is 2.66. The van der Waals surface area contributed by atoms with Crippen molar-refractivity contribution in [3.8, 4) is 0 Å². The fraction of sp³-hybridized carbons (Fsp3) is 0.286. The Morgan fingerprint density at radius 3 is 2.65 bits per heavy atom. The lowest BCUT2D eigenvalue weighted by molar-refractivity contribution is 0.0690. The summed E-state index contributed by atoms with van der Waals surface area (Å²) in [5.41, 5.74) is -0.550. The fourth-order valence-electron chi connectivity index (χ4n) is 2.36. The van der Waals surface area contributed by atoms with E-state index >= 15 is 0 Å². The predicted octanol–water partition coefficient (Wildman–Crippen LogP) is 0.539. The van der Waals surface area contributed by atoms with Crippen molar-refractivity contribution in [1.82, 2.24) is 30.0 Å². The average Bonchev–Trinajstić information content (AvgIpc) is 2.97. The van der Waals surface area contributed by atoms with Crippen LogP contribution in [-0.2, 0) is 13.1 Å². The lowest BCUT2D eigenvalue weighted by Crippen LogP contribution is -2.27.